The molecule has 0 aliphatic heterocycles. The zero-order valence-electron chi connectivity index (χ0n) is 15.8. The number of rotatable bonds is 9. The van der Waals surface area contributed by atoms with Crippen molar-refractivity contribution >= 4 is 21.9 Å². The van der Waals surface area contributed by atoms with Gasteiger partial charge in [-0.15, -0.1) is 0 Å². The highest BCUT2D eigenvalue weighted by Crippen LogP contribution is 2.12. The molecule has 0 spiro atoms. The second kappa shape index (κ2) is 10.0. The van der Waals surface area contributed by atoms with E-state index in [1.54, 1.807) is 13.8 Å². The molecule has 150 valence electrons. The number of amides is 1. The largest absolute Gasteiger partial charge is 0.464 e. The van der Waals surface area contributed by atoms with Crippen molar-refractivity contribution in [1.82, 2.24) is 10.0 Å². The zero-order chi connectivity index (χ0) is 20.6. The van der Waals surface area contributed by atoms with Crippen LogP contribution in [-0.2, 0) is 26.0 Å². The summed E-state index contributed by atoms with van der Waals surface area (Å²) in [5.41, 5.74) is 1.01. The van der Waals surface area contributed by atoms with Crippen molar-refractivity contribution in [2.45, 2.75) is 31.2 Å². The Morgan fingerprint density at radius 2 is 1.75 bits per heavy atom. The second-order valence-electron chi connectivity index (χ2n) is 6.00. The molecule has 8 heteroatoms. The Balaban J connectivity index is 2.22. The summed E-state index contributed by atoms with van der Waals surface area (Å²) < 4.78 is 31.7. The highest BCUT2D eigenvalue weighted by molar-refractivity contribution is 7.89. The van der Waals surface area contributed by atoms with Gasteiger partial charge in [0.1, 0.15) is 6.04 Å². The van der Waals surface area contributed by atoms with Crippen LogP contribution in [0.5, 0.6) is 0 Å². The van der Waals surface area contributed by atoms with Gasteiger partial charge in [0.15, 0.2) is 0 Å². The molecule has 2 rings (SSSR count). The number of hydrogen-bond acceptors (Lipinski definition) is 5. The Hall–Kier alpha value is -2.71. The lowest BCUT2D eigenvalue weighted by Gasteiger charge is -2.18. The maximum Gasteiger partial charge on any atom is 0.328 e. The molecule has 1 amide bonds. The number of benzene rings is 2. The molecule has 1 atom stereocenters. The minimum absolute atomic E-state index is 0.0160. The van der Waals surface area contributed by atoms with Crippen LogP contribution in [0.25, 0.3) is 0 Å². The van der Waals surface area contributed by atoms with Gasteiger partial charge in [0, 0.05) is 18.5 Å². The first-order chi connectivity index (χ1) is 13.4. The summed E-state index contributed by atoms with van der Waals surface area (Å²) >= 11 is 0. The van der Waals surface area contributed by atoms with Crippen LogP contribution < -0.4 is 10.0 Å². The fourth-order valence-corrected chi connectivity index (χ4v) is 3.69. The van der Waals surface area contributed by atoms with Crippen molar-refractivity contribution in [3.63, 3.8) is 0 Å². The number of carbonyl (C=O) groups excluding carboxylic acids is 2. The average molecular weight is 404 g/mol. The van der Waals surface area contributed by atoms with Crippen LogP contribution in [0.15, 0.2) is 59.5 Å². The lowest BCUT2D eigenvalue weighted by Crippen LogP contribution is -2.43. The van der Waals surface area contributed by atoms with Crippen LogP contribution >= 0.6 is 0 Å². The van der Waals surface area contributed by atoms with Crippen LogP contribution in [0.4, 0.5) is 0 Å². The monoisotopic (exact) mass is 404 g/mol. The van der Waals surface area contributed by atoms with Crippen molar-refractivity contribution in [3.05, 3.63) is 65.7 Å². The SMILES string of the molecule is CCNS(=O)(=O)c1cccc(C(=O)NC(Cc2ccccc2)C(=O)OCC)c1. The normalized spacial score (nSPS) is 12.2. The van der Waals surface area contributed by atoms with E-state index >= 15 is 0 Å². The van der Waals surface area contributed by atoms with Gasteiger partial charge in [0.05, 0.1) is 11.5 Å². The Morgan fingerprint density at radius 1 is 1.04 bits per heavy atom. The van der Waals surface area contributed by atoms with Crippen molar-refractivity contribution in [2.75, 3.05) is 13.2 Å². The van der Waals surface area contributed by atoms with Crippen LogP contribution in [0.3, 0.4) is 0 Å². The second-order valence-corrected chi connectivity index (χ2v) is 7.76. The standard InChI is InChI=1S/C20H24N2O5S/c1-3-21-28(25,26)17-12-8-11-16(14-17)19(23)22-18(20(24)27-4-2)13-15-9-6-5-7-10-15/h5-12,14,18,21H,3-4,13H2,1-2H3,(H,22,23). The molecular weight excluding hydrogens is 380 g/mol. The number of carbonyl (C=O) groups is 2. The van der Waals surface area contributed by atoms with Crippen molar-refractivity contribution in [3.8, 4) is 0 Å². The molecule has 0 fully saturated rings. The van der Waals surface area contributed by atoms with Gasteiger partial charge in [-0.25, -0.2) is 17.9 Å². The van der Waals surface area contributed by atoms with E-state index in [0.29, 0.717) is 0 Å². The number of hydrogen-bond donors (Lipinski definition) is 2. The summed E-state index contributed by atoms with van der Waals surface area (Å²) in [6.45, 7) is 3.78. The zero-order valence-corrected chi connectivity index (χ0v) is 16.7. The van der Waals surface area contributed by atoms with Crippen molar-refractivity contribution < 1.29 is 22.7 Å². The van der Waals surface area contributed by atoms with Gasteiger partial charge in [-0.3, -0.25) is 4.79 Å². The summed E-state index contributed by atoms with van der Waals surface area (Å²) in [6, 6.07) is 14.0. The lowest BCUT2D eigenvalue weighted by molar-refractivity contribution is -0.145. The summed E-state index contributed by atoms with van der Waals surface area (Å²) in [6.07, 6.45) is 0.265. The van der Waals surface area contributed by atoms with Crippen LogP contribution in [0.2, 0.25) is 0 Å². The molecule has 0 aliphatic rings. The highest BCUT2D eigenvalue weighted by Gasteiger charge is 2.24. The van der Waals surface area contributed by atoms with Gasteiger partial charge in [0.25, 0.3) is 5.91 Å². The predicted molar refractivity (Wildman–Crippen MR) is 105 cm³/mol. The quantitative estimate of drug-likeness (QED) is 0.622. The van der Waals surface area contributed by atoms with Gasteiger partial charge in [-0.2, -0.15) is 0 Å². The van der Waals surface area contributed by atoms with E-state index < -0.39 is 27.9 Å². The molecule has 0 aliphatic carbocycles. The molecule has 2 N–H and O–H groups in total. The smallest absolute Gasteiger partial charge is 0.328 e. The van der Waals surface area contributed by atoms with Crippen LogP contribution in [-0.4, -0.2) is 39.5 Å². The predicted octanol–water partition coefficient (Wildman–Crippen LogP) is 1.89. The molecule has 2 aromatic rings. The maximum absolute atomic E-state index is 12.7. The van der Waals surface area contributed by atoms with E-state index in [9.17, 15) is 18.0 Å². The molecular formula is C20H24N2O5S. The Labute approximate surface area is 165 Å². The van der Waals surface area contributed by atoms with E-state index in [1.165, 1.54) is 24.3 Å². The first kappa shape index (κ1) is 21.6. The Morgan fingerprint density at radius 3 is 2.39 bits per heavy atom. The van der Waals surface area contributed by atoms with E-state index in [0.717, 1.165) is 5.56 Å². The molecule has 1 unspecified atom stereocenters. The van der Waals surface area contributed by atoms with Crippen LogP contribution in [0.1, 0.15) is 29.8 Å². The van der Waals surface area contributed by atoms with Crippen LogP contribution in [0, 0.1) is 0 Å². The minimum Gasteiger partial charge on any atom is -0.464 e. The first-order valence-electron chi connectivity index (χ1n) is 8.98. The lowest BCUT2D eigenvalue weighted by atomic mass is 10.1. The summed E-state index contributed by atoms with van der Waals surface area (Å²) in [5.74, 6) is -1.10. The number of sulfonamides is 1. The third-order valence-corrected chi connectivity index (χ3v) is 5.44. The van der Waals surface area contributed by atoms with Gasteiger partial charge < -0.3 is 10.1 Å². The molecule has 7 nitrogen and oxygen atoms in total. The first-order valence-corrected chi connectivity index (χ1v) is 10.5. The summed E-state index contributed by atoms with van der Waals surface area (Å²) in [4.78, 5) is 24.9. The fraction of sp³-hybridized carbons (Fsp3) is 0.300. The van der Waals surface area contributed by atoms with Gasteiger partial charge >= 0.3 is 5.97 Å². The molecule has 0 aromatic heterocycles. The summed E-state index contributed by atoms with van der Waals surface area (Å²) in [7, 11) is -3.69. The van der Waals surface area contributed by atoms with Gasteiger partial charge in [-0.05, 0) is 30.7 Å². The molecule has 0 radical (unpaired) electrons. The molecule has 28 heavy (non-hydrogen) atoms. The molecule has 2 aromatic carbocycles. The highest BCUT2D eigenvalue weighted by atomic mass is 32.2. The van der Waals surface area contributed by atoms with E-state index in [-0.39, 0.29) is 30.0 Å². The summed E-state index contributed by atoms with van der Waals surface area (Å²) in [5, 5.41) is 2.65. The fourth-order valence-electron chi connectivity index (χ4n) is 2.61. The van der Waals surface area contributed by atoms with Gasteiger partial charge in [-0.1, -0.05) is 43.3 Å². The number of esters is 1. The van der Waals surface area contributed by atoms with Gasteiger partial charge in [0.2, 0.25) is 10.0 Å². The Bertz CT molecular complexity index is 913. The molecule has 0 heterocycles. The molecule has 0 saturated heterocycles. The van der Waals surface area contributed by atoms with Crippen molar-refractivity contribution in [1.29, 1.82) is 0 Å². The number of nitrogens with one attached hydrogen (secondary N) is 2. The third-order valence-electron chi connectivity index (χ3n) is 3.90. The van der Waals surface area contributed by atoms with Crippen molar-refractivity contribution in [2.24, 2.45) is 0 Å². The van der Waals surface area contributed by atoms with E-state index in [2.05, 4.69) is 10.0 Å². The van der Waals surface area contributed by atoms with E-state index in [4.69, 9.17) is 4.74 Å². The minimum atomic E-state index is -3.69. The Kier molecular flexibility index (Phi) is 7.71. The topological polar surface area (TPSA) is 102 Å². The molecule has 0 saturated carbocycles. The average Bonchev–Trinajstić information content (AvgIpc) is 2.68. The number of ether oxygens (including phenoxy) is 1. The molecule has 0 bridgehead atoms. The third kappa shape index (κ3) is 5.90. The maximum atomic E-state index is 12.7. The van der Waals surface area contributed by atoms with E-state index in [1.807, 2.05) is 30.3 Å².